The van der Waals surface area contributed by atoms with Crippen LogP contribution in [0.2, 0.25) is 0 Å². The van der Waals surface area contributed by atoms with Gasteiger partial charge < -0.3 is 9.51 Å². The summed E-state index contributed by atoms with van der Waals surface area (Å²) < 4.78 is 2.88. The van der Waals surface area contributed by atoms with Crippen molar-refractivity contribution in [1.82, 2.24) is 9.38 Å². The second-order valence-electron chi connectivity index (χ2n) is 3.33. The third-order valence-corrected chi connectivity index (χ3v) is 2.67. The largest absolute Gasteiger partial charge is 0.387 e. The Balaban J connectivity index is 2.79. The van der Waals surface area contributed by atoms with Crippen molar-refractivity contribution in [3.05, 3.63) is 34.2 Å². The van der Waals surface area contributed by atoms with Gasteiger partial charge in [0.1, 0.15) is 5.65 Å². The van der Waals surface area contributed by atoms with E-state index >= 15 is 0 Å². The summed E-state index contributed by atoms with van der Waals surface area (Å²) in [7, 11) is 0. The molecular weight excluding hydrogens is 244 g/mol. The topological polar surface area (TPSA) is 37.5 Å². The average molecular weight is 255 g/mol. The van der Waals surface area contributed by atoms with Crippen LogP contribution in [-0.4, -0.2) is 14.5 Å². The molecule has 0 spiro atoms. The molecule has 0 bridgehead atoms. The van der Waals surface area contributed by atoms with Gasteiger partial charge in [-0.2, -0.15) is 0 Å². The molecule has 0 radical (unpaired) electrons. The van der Waals surface area contributed by atoms with E-state index in [4.69, 9.17) is 0 Å². The van der Waals surface area contributed by atoms with Gasteiger partial charge in [-0.05, 0) is 41.9 Å². The van der Waals surface area contributed by atoms with Crippen LogP contribution in [0.25, 0.3) is 5.65 Å². The molecule has 14 heavy (non-hydrogen) atoms. The first kappa shape index (κ1) is 9.68. The zero-order chi connectivity index (χ0) is 10.3. The highest BCUT2D eigenvalue weighted by Crippen LogP contribution is 2.21. The second-order valence-corrected chi connectivity index (χ2v) is 4.25. The molecule has 0 aliphatic rings. The number of fused-ring (bicyclic) bond motifs is 1. The summed E-state index contributed by atoms with van der Waals surface area (Å²) in [6.45, 7) is 3.65. The number of aliphatic hydroxyl groups is 1. The van der Waals surface area contributed by atoms with Crippen molar-refractivity contribution in [1.29, 1.82) is 0 Å². The molecule has 74 valence electrons. The highest BCUT2D eigenvalue weighted by Gasteiger charge is 2.12. The zero-order valence-corrected chi connectivity index (χ0v) is 9.62. The van der Waals surface area contributed by atoms with Crippen molar-refractivity contribution < 1.29 is 5.11 Å². The number of hydrogen-bond donors (Lipinski definition) is 1. The zero-order valence-electron chi connectivity index (χ0n) is 8.03. The number of halogens is 1. The Bertz CT molecular complexity index is 476. The molecule has 0 amide bonds. The molecule has 0 fully saturated rings. The van der Waals surface area contributed by atoms with Crippen LogP contribution in [0.3, 0.4) is 0 Å². The SMILES string of the molecule is Cc1nc2ccc(Br)cn2c1C(C)O. The van der Waals surface area contributed by atoms with Gasteiger partial charge in [-0.25, -0.2) is 4.98 Å². The minimum absolute atomic E-state index is 0.501. The normalized spacial score (nSPS) is 13.4. The van der Waals surface area contributed by atoms with Crippen LogP contribution in [0.1, 0.15) is 24.4 Å². The molecule has 0 saturated heterocycles. The quantitative estimate of drug-likeness (QED) is 0.849. The number of hydrogen-bond acceptors (Lipinski definition) is 2. The lowest BCUT2D eigenvalue weighted by molar-refractivity contribution is 0.192. The standard InChI is InChI=1S/C10H11BrN2O/c1-6-10(7(2)14)13-5-8(11)3-4-9(13)12-6/h3-5,7,14H,1-2H3. The maximum atomic E-state index is 9.61. The number of aliphatic hydroxyl groups excluding tert-OH is 1. The molecule has 0 aliphatic carbocycles. The maximum absolute atomic E-state index is 9.61. The minimum atomic E-state index is -0.501. The third kappa shape index (κ3) is 1.44. The van der Waals surface area contributed by atoms with Gasteiger partial charge in [0, 0.05) is 10.7 Å². The van der Waals surface area contributed by atoms with Crippen LogP contribution < -0.4 is 0 Å². The number of aryl methyl sites for hydroxylation is 1. The molecule has 2 aromatic heterocycles. The number of rotatable bonds is 1. The van der Waals surface area contributed by atoms with E-state index in [1.807, 2.05) is 29.7 Å². The molecule has 2 heterocycles. The fourth-order valence-electron chi connectivity index (χ4n) is 1.66. The van der Waals surface area contributed by atoms with Gasteiger partial charge in [-0.1, -0.05) is 0 Å². The Hall–Kier alpha value is -0.870. The predicted octanol–water partition coefficient (Wildman–Crippen LogP) is 2.46. The van der Waals surface area contributed by atoms with Gasteiger partial charge in [-0.3, -0.25) is 0 Å². The molecule has 1 unspecified atom stereocenters. The fourth-order valence-corrected chi connectivity index (χ4v) is 1.99. The Morgan fingerprint density at radius 2 is 2.21 bits per heavy atom. The van der Waals surface area contributed by atoms with E-state index in [1.54, 1.807) is 6.92 Å². The fraction of sp³-hybridized carbons (Fsp3) is 0.300. The summed E-state index contributed by atoms with van der Waals surface area (Å²) in [5, 5.41) is 9.61. The van der Waals surface area contributed by atoms with E-state index in [0.717, 1.165) is 21.5 Å². The van der Waals surface area contributed by atoms with Crippen molar-refractivity contribution in [3.63, 3.8) is 0 Å². The highest BCUT2D eigenvalue weighted by atomic mass is 79.9. The molecule has 4 heteroatoms. The van der Waals surface area contributed by atoms with Crippen molar-refractivity contribution in [3.8, 4) is 0 Å². The highest BCUT2D eigenvalue weighted by molar-refractivity contribution is 9.10. The average Bonchev–Trinajstić information content (AvgIpc) is 2.40. The van der Waals surface area contributed by atoms with Crippen molar-refractivity contribution in [2.24, 2.45) is 0 Å². The number of pyridine rings is 1. The van der Waals surface area contributed by atoms with Crippen LogP contribution in [-0.2, 0) is 0 Å². The van der Waals surface area contributed by atoms with Gasteiger partial charge in [0.25, 0.3) is 0 Å². The molecule has 0 aliphatic heterocycles. The molecule has 1 atom stereocenters. The summed E-state index contributed by atoms with van der Waals surface area (Å²) in [5.74, 6) is 0. The van der Waals surface area contributed by atoms with Gasteiger partial charge in [0.05, 0.1) is 17.5 Å². The van der Waals surface area contributed by atoms with Crippen molar-refractivity contribution in [2.45, 2.75) is 20.0 Å². The van der Waals surface area contributed by atoms with E-state index in [2.05, 4.69) is 20.9 Å². The minimum Gasteiger partial charge on any atom is -0.387 e. The van der Waals surface area contributed by atoms with Crippen molar-refractivity contribution >= 4 is 21.6 Å². The van der Waals surface area contributed by atoms with Crippen LogP contribution in [0.15, 0.2) is 22.8 Å². The first-order chi connectivity index (χ1) is 6.59. The first-order valence-corrected chi connectivity index (χ1v) is 5.21. The first-order valence-electron chi connectivity index (χ1n) is 4.42. The van der Waals surface area contributed by atoms with E-state index in [0.29, 0.717) is 0 Å². The molecule has 3 nitrogen and oxygen atoms in total. The second kappa shape index (κ2) is 3.37. The lowest BCUT2D eigenvalue weighted by Gasteiger charge is -2.05. The summed E-state index contributed by atoms with van der Waals surface area (Å²) in [6.07, 6.45) is 1.41. The van der Waals surface area contributed by atoms with Gasteiger partial charge >= 0.3 is 0 Å². The third-order valence-electron chi connectivity index (χ3n) is 2.20. The maximum Gasteiger partial charge on any atom is 0.137 e. The van der Waals surface area contributed by atoms with E-state index in [1.165, 1.54) is 0 Å². The van der Waals surface area contributed by atoms with E-state index in [9.17, 15) is 5.11 Å². The Morgan fingerprint density at radius 1 is 1.50 bits per heavy atom. The van der Waals surface area contributed by atoms with Gasteiger partial charge in [-0.15, -0.1) is 0 Å². The summed E-state index contributed by atoms with van der Waals surface area (Å²) in [6, 6.07) is 3.86. The number of imidazole rings is 1. The van der Waals surface area contributed by atoms with E-state index < -0.39 is 6.10 Å². The van der Waals surface area contributed by atoms with E-state index in [-0.39, 0.29) is 0 Å². The molecular formula is C10H11BrN2O. The number of nitrogens with zero attached hydrogens (tertiary/aromatic N) is 2. The van der Waals surface area contributed by atoms with Crippen LogP contribution in [0, 0.1) is 6.92 Å². The Labute approximate surface area is 90.5 Å². The van der Waals surface area contributed by atoms with Crippen LogP contribution in [0.5, 0.6) is 0 Å². The number of aromatic nitrogens is 2. The Morgan fingerprint density at radius 3 is 2.86 bits per heavy atom. The van der Waals surface area contributed by atoms with Crippen LogP contribution >= 0.6 is 15.9 Å². The van der Waals surface area contributed by atoms with Crippen molar-refractivity contribution in [2.75, 3.05) is 0 Å². The summed E-state index contributed by atoms with van der Waals surface area (Å²) >= 11 is 3.39. The van der Waals surface area contributed by atoms with Crippen LogP contribution in [0.4, 0.5) is 0 Å². The van der Waals surface area contributed by atoms with Gasteiger partial charge in [0.2, 0.25) is 0 Å². The molecule has 0 aromatic carbocycles. The summed E-state index contributed by atoms with van der Waals surface area (Å²) in [4.78, 5) is 4.36. The molecule has 0 saturated carbocycles. The van der Waals surface area contributed by atoms with Gasteiger partial charge in [0.15, 0.2) is 0 Å². The smallest absolute Gasteiger partial charge is 0.137 e. The lowest BCUT2D eigenvalue weighted by Crippen LogP contribution is -1.98. The lowest BCUT2D eigenvalue weighted by atomic mass is 10.2. The monoisotopic (exact) mass is 254 g/mol. The molecule has 2 rings (SSSR count). The predicted molar refractivity (Wildman–Crippen MR) is 58.3 cm³/mol. The summed E-state index contributed by atoms with van der Waals surface area (Å²) in [5.41, 5.74) is 2.58. The molecule has 2 aromatic rings. The Kier molecular flexibility index (Phi) is 2.33. The molecule has 1 N–H and O–H groups in total.